The van der Waals surface area contributed by atoms with Crippen LogP contribution in [0, 0.1) is 5.92 Å². The Balaban J connectivity index is 2.22. The summed E-state index contributed by atoms with van der Waals surface area (Å²) in [6, 6.07) is 9.87. The van der Waals surface area contributed by atoms with Gasteiger partial charge >= 0.3 is 5.97 Å². The molecule has 0 saturated heterocycles. The maximum atomic E-state index is 11.8. The number of carbonyl (C=O) groups is 1. The third kappa shape index (κ3) is 2.31. The van der Waals surface area contributed by atoms with Crippen LogP contribution in [-0.2, 0) is 9.53 Å². The summed E-state index contributed by atoms with van der Waals surface area (Å²) in [5, 5.41) is 10.1. The van der Waals surface area contributed by atoms with E-state index in [9.17, 15) is 9.90 Å². The van der Waals surface area contributed by atoms with Crippen molar-refractivity contribution in [3.63, 3.8) is 0 Å². The highest BCUT2D eigenvalue weighted by Crippen LogP contribution is 2.38. The van der Waals surface area contributed by atoms with Crippen molar-refractivity contribution >= 4 is 11.5 Å². The highest BCUT2D eigenvalue weighted by molar-refractivity contribution is 5.82. The molecule has 1 aliphatic carbocycles. The van der Waals surface area contributed by atoms with Gasteiger partial charge in [-0.25, -0.2) is 0 Å². The topological polar surface area (TPSA) is 46.5 Å². The van der Waals surface area contributed by atoms with Gasteiger partial charge in [-0.05, 0) is 37.0 Å². The second-order valence-corrected chi connectivity index (χ2v) is 4.54. The fraction of sp³-hybridized carbons (Fsp3) is 0.400. The van der Waals surface area contributed by atoms with Crippen molar-refractivity contribution in [3.05, 3.63) is 41.5 Å². The van der Waals surface area contributed by atoms with Gasteiger partial charge in [-0.1, -0.05) is 30.3 Å². The summed E-state index contributed by atoms with van der Waals surface area (Å²) >= 11 is 0. The molecular weight excluding hydrogens is 228 g/mol. The molecule has 3 heteroatoms. The number of rotatable bonds is 3. The van der Waals surface area contributed by atoms with Gasteiger partial charge in [-0.15, -0.1) is 0 Å². The maximum absolute atomic E-state index is 11.8. The average molecular weight is 246 g/mol. The van der Waals surface area contributed by atoms with Crippen LogP contribution in [0.1, 0.15) is 25.8 Å². The lowest BCUT2D eigenvalue weighted by molar-refractivity contribution is -0.150. The Morgan fingerprint density at radius 2 is 2.06 bits per heavy atom. The van der Waals surface area contributed by atoms with Gasteiger partial charge in [-0.2, -0.15) is 0 Å². The van der Waals surface area contributed by atoms with Crippen LogP contribution in [-0.4, -0.2) is 23.8 Å². The van der Waals surface area contributed by atoms with E-state index in [0.717, 1.165) is 16.7 Å². The quantitative estimate of drug-likeness (QED) is 0.833. The molecule has 2 rings (SSSR count). The Morgan fingerprint density at radius 1 is 1.39 bits per heavy atom. The fourth-order valence-electron chi connectivity index (χ4n) is 2.42. The summed E-state index contributed by atoms with van der Waals surface area (Å²) < 4.78 is 5.00. The molecular formula is C15H18O3. The molecule has 1 aliphatic rings. The minimum absolute atomic E-state index is 0.310. The maximum Gasteiger partial charge on any atom is 0.312 e. The minimum atomic E-state index is -0.723. The van der Waals surface area contributed by atoms with Crippen LogP contribution in [0.5, 0.6) is 0 Å². The van der Waals surface area contributed by atoms with Crippen LogP contribution in [0.4, 0.5) is 0 Å². The predicted octanol–water partition coefficient (Wildman–Crippen LogP) is 2.40. The standard InChI is InChI=1S/C15H18O3/c1-3-18-15(17)13-9-12(10(2)14(13)16)11-7-5-4-6-8-11/h4-8,13-14,16H,3,9H2,1-2H3/t13-,14-/m1/s1. The summed E-state index contributed by atoms with van der Waals surface area (Å²) in [5.41, 5.74) is 3.00. The molecule has 0 unspecified atom stereocenters. The number of benzene rings is 1. The Morgan fingerprint density at radius 3 is 2.67 bits per heavy atom. The van der Waals surface area contributed by atoms with Crippen molar-refractivity contribution in [3.8, 4) is 0 Å². The first-order valence-corrected chi connectivity index (χ1v) is 6.25. The van der Waals surface area contributed by atoms with Gasteiger partial charge in [0.15, 0.2) is 0 Å². The molecule has 0 heterocycles. The lowest BCUT2D eigenvalue weighted by atomic mass is 10.0. The minimum Gasteiger partial charge on any atom is -0.466 e. The zero-order valence-corrected chi connectivity index (χ0v) is 10.7. The van der Waals surface area contributed by atoms with Gasteiger partial charge in [0.25, 0.3) is 0 Å². The third-order valence-electron chi connectivity index (χ3n) is 3.44. The summed E-state index contributed by atoms with van der Waals surface area (Å²) in [6.45, 7) is 4.01. The van der Waals surface area contributed by atoms with Crippen LogP contribution < -0.4 is 0 Å². The number of hydrogen-bond acceptors (Lipinski definition) is 3. The lowest BCUT2D eigenvalue weighted by Crippen LogP contribution is -2.26. The van der Waals surface area contributed by atoms with Gasteiger partial charge in [-0.3, -0.25) is 4.79 Å². The molecule has 0 radical (unpaired) electrons. The van der Waals surface area contributed by atoms with Gasteiger partial charge in [0.2, 0.25) is 0 Å². The number of aliphatic hydroxyl groups is 1. The van der Waals surface area contributed by atoms with Gasteiger partial charge < -0.3 is 9.84 Å². The summed E-state index contributed by atoms with van der Waals surface area (Å²) in [5.74, 6) is -0.768. The van der Waals surface area contributed by atoms with E-state index in [1.54, 1.807) is 6.92 Å². The Hall–Kier alpha value is -1.61. The van der Waals surface area contributed by atoms with Crippen molar-refractivity contribution in [1.29, 1.82) is 0 Å². The summed E-state index contributed by atoms with van der Waals surface area (Å²) in [4.78, 5) is 11.8. The van der Waals surface area contributed by atoms with E-state index in [1.807, 2.05) is 37.3 Å². The highest BCUT2D eigenvalue weighted by Gasteiger charge is 2.37. The SMILES string of the molecule is CCOC(=O)[C@@H]1CC(c2ccccc2)=C(C)[C@H]1O. The number of hydrogen-bond donors (Lipinski definition) is 1. The molecule has 18 heavy (non-hydrogen) atoms. The van der Waals surface area contributed by atoms with E-state index in [2.05, 4.69) is 0 Å². The third-order valence-corrected chi connectivity index (χ3v) is 3.44. The predicted molar refractivity (Wildman–Crippen MR) is 69.8 cm³/mol. The second-order valence-electron chi connectivity index (χ2n) is 4.54. The van der Waals surface area contributed by atoms with Crippen molar-refractivity contribution < 1.29 is 14.6 Å². The van der Waals surface area contributed by atoms with E-state index < -0.39 is 12.0 Å². The van der Waals surface area contributed by atoms with Crippen molar-refractivity contribution in [1.82, 2.24) is 0 Å². The monoisotopic (exact) mass is 246 g/mol. The normalized spacial score (nSPS) is 23.3. The van der Waals surface area contributed by atoms with Gasteiger partial charge in [0.05, 0.1) is 18.6 Å². The second kappa shape index (κ2) is 5.36. The Bertz CT molecular complexity index is 462. The number of allylic oxidation sites excluding steroid dienone is 1. The molecule has 1 N–H and O–H groups in total. The van der Waals surface area contributed by atoms with Crippen molar-refractivity contribution in [2.24, 2.45) is 5.92 Å². The zero-order valence-electron chi connectivity index (χ0n) is 10.7. The molecule has 0 spiro atoms. The van der Waals surface area contributed by atoms with Crippen LogP contribution in [0.15, 0.2) is 35.9 Å². The van der Waals surface area contributed by atoms with Gasteiger partial charge in [0.1, 0.15) is 0 Å². The first-order valence-electron chi connectivity index (χ1n) is 6.25. The molecule has 0 aliphatic heterocycles. The Kier molecular flexibility index (Phi) is 3.82. The summed E-state index contributed by atoms with van der Waals surface area (Å²) in [7, 11) is 0. The fourth-order valence-corrected chi connectivity index (χ4v) is 2.42. The first kappa shape index (κ1) is 12.8. The van der Waals surface area contributed by atoms with Crippen LogP contribution in [0.3, 0.4) is 0 Å². The van der Waals surface area contributed by atoms with Crippen molar-refractivity contribution in [2.45, 2.75) is 26.4 Å². The van der Waals surface area contributed by atoms with Crippen LogP contribution >= 0.6 is 0 Å². The zero-order chi connectivity index (χ0) is 13.1. The Labute approximate surface area is 107 Å². The van der Waals surface area contributed by atoms with E-state index in [4.69, 9.17) is 4.74 Å². The number of aliphatic hydroxyl groups excluding tert-OH is 1. The summed E-state index contributed by atoms with van der Waals surface area (Å²) in [6.07, 6.45) is -0.171. The van der Waals surface area contributed by atoms with Gasteiger partial charge in [0, 0.05) is 0 Å². The smallest absolute Gasteiger partial charge is 0.312 e. The van der Waals surface area contributed by atoms with E-state index in [-0.39, 0.29) is 5.97 Å². The molecule has 0 fully saturated rings. The van der Waals surface area contributed by atoms with Crippen LogP contribution in [0.2, 0.25) is 0 Å². The molecule has 96 valence electrons. The average Bonchev–Trinajstić information content (AvgIpc) is 2.68. The molecule has 3 nitrogen and oxygen atoms in total. The molecule has 2 atom stereocenters. The van der Waals surface area contributed by atoms with E-state index in [1.165, 1.54) is 0 Å². The number of ether oxygens (including phenoxy) is 1. The van der Waals surface area contributed by atoms with E-state index >= 15 is 0 Å². The largest absolute Gasteiger partial charge is 0.466 e. The van der Waals surface area contributed by atoms with E-state index in [0.29, 0.717) is 13.0 Å². The van der Waals surface area contributed by atoms with Crippen molar-refractivity contribution in [2.75, 3.05) is 6.61 Å². The number of esters is 1. The number of carbonyl (C=O) groups excluding carboxylic acids is 1. The molecule has 0 saturated carbocycles. The molecule has 0 bridgehead atoms. The molecule has 1 aromatic rings. The highest BCUT2D eigenvalue weighted by atomic mass is 16.5. The lowest BCUT2D eigenvalue weighted by Gasteiger charge is -2.14. The molecule has 0 amide bonds. The van der Waals surface area contributed by atoms with Crippen LogP contribution in [0.25, 0.3) is 5.57 Å². The molecule has 0 aromatic heterocycles. The first-order chi connectivity index (χ1) is 8.65. The molecule has 1 aromatic carbocycles.